The molecule has 0 aromatic heterocycles. The van der Waals surface area contributed by atoms with Gasteiger partial charge in [-0.15, -0.1) is 11.8 Å². The van der Waals surface area contributed by atoms with Crippen LogP contribution in [0.3, 0.4) is 0 Å². The number of nitriles is 1. The number of ether oxygens (including phenoxy) is 1. The molecule has 2 aromatic rings. The number of carbonyl (C=O) groups excluding carboxylic acids is 2. The number of rotatable bonds is 7. The van der Waals surface area contributed by atoms with Crippen LogP contribution in [-0.4, -0.2) is 31.2 Å². The summed E-state index contributed by atoms with van der Waals surface area (Å²) in [6.07, 6.45) is 2.40. The number of hydrogen-bond acceptors (Lipinski definition) is 5. The van der Waals surface area contributed by atoms with Gasteiger partial charge in [-0.1, -0.05) is 12.1 Å². The van der Waals surface area contributed by atoms with Gasteiger partial charge < -0.3 is 15.0 Å². The Morgan fingerprint density at radius 3 is 2.72 bits per heavy atom. The summed E-state index contributed by atoms with van der Waals surface area (Å²) in [4.78, 5) is 26.3. The van der Waals surface area contributed by atoms with E-state index in [0.717, 1.165) is 18.4 Å². The maximum atomic E-state index is 12.3. The van der Waals surface area contributed by atoms with Crippen LogP contribution in [0.25, 0.3) is 0 Å². The van der Waals surface area contributed by atoms with Gasteiger partial charge in [-0.25, -0.2) is 0 Å². The molecule has 1 heterocycles. The Bertz CT molecular complexity index is 922. The number of piperidine rings is 1. The molecule has 6 nitrogen and oxygen atoms in total. The SMILES string of the molecule is COc1ccc(NC(=O)CSCc2ccc(C#N)cc2)cc1N1CCCCC1=O. The summed E-state index contributed by atoms with van der Waals surface area (Å²) in [6, 6.07) is 14.8. The molecule has 2 amide bonds. The Labute approximate surface area is 174 Å². The minimum Gasteiger partial charge on any atom is -0.495 e. The van der Waals surface area contributed by atoms with Crippen molar-refractivity contribution < 1.29 is 14.3 Å². The van der Waals surface area contributed by atoms with E-state index in [2.05, 4.69) is 11.4 Å². The highest BCUT2D eigenvalue weighted by atomic mass is 32.2. The number of amides is 2. The molecular weight excluding hydrogens is 386 g/mol. The van der Waals surface area contributed by atoms with Gasteiger partial charge in [-0.3, -0.25) is 9.59 Å². The van der Waals surface area contributed by atoms with Gasteiger partial charge in [-0.05, 0) is 48.7 Å². The molecule has 0 spiro atoms. The molecule has 2 aromatic carbocycles. The van der Waals surface area contributed by atoms with E-state index in [1.54, 1.807) is 42.3 Å². The molecule has 0 bridgehead atoms. The van der Waals surface area contributed by atoms with Crippen molar-refractivity contribution in [1.29, 1.82) is 5.26 Å². The zero-order valence-corrected chi connectivity index (χ0v) is 17.1. The largest absolute Gasteiger partial charge is 0.495 e. The molecule has 0 radical (unpaired) electrons. The molecule has 1 saturated heterocycles. The molecule has 7 heteroatoms. The summed E-state index contributed by atoms with van der Waals surface area (Å²) in [5.74, 6) is 1.59. The van der Waals surface area contributed by atoms with Gasteiger partial charge in [-0.2, -0.15) is 5.26 Å². The normalized spacial score (nSPS) is 13.7. The third-order valence-electron chi connectivity index (χ3n) is 4.66. The van der Waals surface area contributed by atoms with Gasteiger partial charge >= 0.3 is 0 Å². The van der Waals surface area contributed by atoms with Crippen molar-refractivity contribution in [2.75, 3.05) is 29.6 Å². The second-order valence-corrected chi connectivity index (χ2v) is 7.72. The predicted molar refractivity (Wildman–Crippen MR) is 115 cm³/mol. The summed E-state index contributed by atoms with van der Waals surface area (Å²) >= 11 is 1.50. The van der Waals surface area contributed by atoms with Gasteiger partial charge in [0.15, 0.2) is 0 Å². The van der Waals surface area contributed by atoms with Crippen molar-refractivity contribution >= 4 is 35.0 Å². The van der Waals surface area contributed by atoms with Gasteiger partial charge in [0, 0.05) is 24.4 Å². The summed E-state index contributed by atoms with van der Waals surface area (Å²) in [5.41, 5.74) is 3.03. The summed E-state index contributed by atoms with van der Waals surface area (Å²) in [5, 5.41) is 11.7. The lowest BCUT2D eigenvalue weighted by molar-refractivity contribution is -0.119. The highest BCUT2D eigenvalue weighted by molar-refractivity contribution is 7.99. The average molecular weight is 410 g/mol. The van der Waals surface area contributed by atoms with E-state index in [9.17, 15) is 9.59 Å². The van der Waals surface area contributed by atoms with E-state index in [0.29, 0.717) is 47.2 Å². The van der Waals surface area contributed by atoms with Gasteiger partial charge in [0.2, 0.25) is 11.8 Å². The lowest BCUT2D eigenvalue weighted by atomic mass is 10.1. The van der Waals surface area contributed by atoms with E-state index >= 15 is 0 Å². The van der Waals surface area contributed by atoms with Crippen LogP contribution in [0.5, 0.6) is 5.75 Å². The standard InChI is InChI=1S/C22H23N3O3S/c1-28-20-10-9-18(12-19(20)25-11-3-2-4-22(25)27)24-21(26)15-29-14-17-7-5-16(13-23)6-8-17/h5-10,12H,2-4,11,14-15H2,1H3,(H,24,26). The number of nitrogens with one attached hydrogen (secondary N) is 1. The Morgan fingerprint density at radius 2 is 2.03 bits per heavy atom. The quantitative estimate of drug-likeness (QED) is 0.749. The van der Waals surface area contributed by atoms with Crippen molar-refractivity contribution in [3.8, 4) is 11.8 Å². The minimum atomic E-state index is -0.107. The number of carbonyl (C=O) groups is 2. The van der Waals surface area contributed by atoms with Crippen LogP contribution in [-0.2, 0) is 15.3 Å². The summed E-state index contributed by atoms with van der Waals surface area (Å²) in [6.45, 7) is 0.660. The molecule has 150 valence electrons. The highest BCUT2D eigenvalue weighted by Gasteiger charge is 2.23. The lowest BCUT2D eigenvalue weighted by Gasteiger charge is -2.28. The molecule has 0 atom stereocenters. The van der Waals surface area contributed by atoms with Gasteiger partial charge in [0.1, 0.15) is 5.75 Å². The minimum absolute atomic E-state index is 0.0796. The maximum absolute atomic E-state index is 12.3. The van der Waals surface area contributed by atoms with Crippen molar-refractivity contribution in [2.45, 2.75) is 25.0 Å². The summed E-state index contributed by atoms with van der Waals surface area (Å²) < 4.78 is 5.41. The van der Waals surface area contributed by atoms with E-state index in [-0.39, 0.29) is 11.8 Å². The first-order chi connectivity index (χ1) is 14.1. The zero-order chi connectivity index (χ0) is 20.6. The first-order valence-electron chi connectivity index (χ1n) is 9.46. The first kappa shape index (κ1) is 20.7. The first-order valence-corrected chi connectivity index (χ1v) is 10.6. The molecule has 0 aliphatic carbocycles. The second-order valence-electron chi connectivity index (χ2n) is 6.74. The molecule has 0 unspecified atom stereocenters. The number of anilines is 2. The Morgan fingerprint density at radius 1 is 1.24 bits per heavy atom. The second kappa shape index (κ2) is 9.99. The van der Waals surface area contributed by atoms with Crippen LogP contribution in [0.4, 0.5) is 11.4 Å². The van der Waals surface area contributed by atoms with Crippen molar-refractivity contribution in [2.24, 2.45) is 0 Å². The maximum Gasteiger partial charge on any atom is 0.234 e. The fraction of sp³-hybridized carbons (Fsp3) is 0.318. The smallest absolute Gasteiger partial charge is 0.234 e. The monoisotopic (exact) mass is 409 g/mol. The number of methoxy groups -OCH3 is 1. The van der Waals surface area contributed by atoms with Crippen LogP contribution in [0.1, 0.15) is 30.4 Å². The van der Waals surface area contributed by atoms with Crippen molar-refractivity contribution in [1.82, 2.24) is 0 Å². The van der Waals surface area contributed by atoms with Crippen molar-refractivity contribution in [3.05, 3.63) is 53.6 Å². The van der Waals surface area contributed by atoms with Crippen LogP contribution in [0.2, 0.25) is 0 Å². The van der Waals surface area contributed by atoms with Crippen molar-refractivity contribution in [3.63, 3.8) is 0 Å². The summed E-state index contributed by atoms with van der Waals surface area (Å²) in [7, 11) is 1.57. The lowest BCUT2D eigenvalue weighted by Crippen LogP contribution is -2.35. The third kappa shape index (κ3) is 5.52. The molecule has 1 N–H and O–H groups in total. The fourth-order valence-corrected chi connectivity index (χ4v) is 3.96. The van der Waals surface area contributed by atoms with Crippen LogP contribution in [0.15, 0.2) is 42.5 Å². The topological polar surface area (TPSA) is 82.4 Å². The van der Waals surface area contributed by atoms with E-state index < -0.39 is 0 Å². The molecule has 3 rings (SSSR count). The van der Waals surface area contributed by atoms with Crippen LogP contribution >= 0.6 is 11.8 Å². The van der Waals surface area contributed by atoms with E-state index in [1.807, 2.05) is 12.1 Å². The van der Waals surface area contributed by atoms with E-state index in [1.165, 1.54) is 11.8 Å². The van der Waals surface area contributed by atoms with Crippen LogP contribution < -0.4 is 15.0 Å². The van der Waals surface area contributed by atoms with E-state index in [4.69, 9.17) is 10.00 Å². The molecule has 0 saturated carbocycles. The molecule has 1 aliphatic rings. The van der Waals surface area contributed by atoms with Gasteiger partial charge in [0.05, 0.1) is 30.2 Å². The average Bonchev–Trinajstić information content (AvgIpc) is 2.74. The third-order valence-corrected chi connectivity index (χ3v) is 5.67. The van der Waals surface area contributed by atoms with Gasteiger partial charge in [0.25, 0.3) is 0 Å². The number of benzene rings is 2. The Hall–Kier alpha value is -2.98. The predicted octanol–water partition coefficient (Wildman–Crippen LogP) is 3.96. The fourth-order valence-electron chi connectivity index (χ4n) is 3.17. The number of thioether (sulfide) groups is 1. The highest BCUT2D eigenvalue weighted by Crippen LogP contribution is 2.33. The number of nitrogens with zero attached hydrogens (tertiary/aromatic N) is 2. The molecule has 29 heavy (non-hydrogen) atoms. The Balaban J connectivity index is 1.58. The van der Waals surface area contributed by atoms with Crippen LogP contribution in [0, 0.1) is 11.3 Å². The Kier molecular flexibility index (Phi) is 7.14. The zero-order valence-electron chi connectivity index (χ0n) is 16.3. The number of hydrogen-bond donors (Lipinski definition) is 1. The molecular formula is C22H23N3O3S. The molecule has 1 aliphatic heterocycles. The molecule has 1 fully saturated rings.